The SMILES string of the molecule is C=CC(=O)NCc1nn(-c2ccc(OC(F)(F)F)cc2)c2nccc([C@H](O)COP(=O)(O)O)c12. The lowest BCUT2D eigenvalue weighted by Gasteiger charge is -2.14. The number of nitrogens with zero attached hydrogens (tertiary/aromatic N) is 3. The Morgan fingerprint density at radius 1 is 1.26 bits per heavy atom. The molecule has 34 heavy (non-hydrogen) atoms. The molecule has 15 heteroatoms. The average molecular weight is 502 g/mol. The Morgan fingerprint density at radius 2 is 1.94 bits per heavy atom. The summed E-state index contributed by atoms with van der Waals surface area (Å²) in [4.78, 5) is 33.7. The van der Waals surface area contributed by atoms with Gasteiger partial charge in [0.25, 0.3) is 0 Å². The molecule has 11 nitrogen and oxygen atoms in total. The van der Waals surface area contributed by atoms with Crippen LogP contribution < -0.4 is 10.1 Å². The highest BCUT2D eigenvalue weighted by molar-refractivity contribution is 7.46. The third-order valence-corrected chi connectivity index (χ3v) is 4.85. The number of aromatic nitrogens is 3. The van der Waals surface area contributed by atoms with E-state index in [1.165, 1.54) is 29.1 Å². The number of aliphatic hydroxyl groups excluding tert-OH is 1. The fourth-order valence-electron chi connectivity index (χ4n) is 3.01. The molecule has 4 N–H and O–H groups in total. The van der Waals surface area contributed by atoms with Crippen LogP contribution in [0.1, 0.15) is 17.4 Å². The van der Waals surface area contributed by atoms with Gasteiger partial charge in [0, 0.05) is 6.20 Å². The van der Waals surface area contributed by atoms with Crippen molar-refractivity contribution < 1.29 is 46.7 Å². The first-order chi connectivity index (χ1) is 15.9. The topological polar surface area (TPSA) is 156 Å². The summed E-state index contributed by atoms with van der Waals surface area (Å²) in [5.74, 6) is -0.975. The number of phosphoric ester groups is 1. The van der Waals surface area contributed by atoms with Crippen LogP contribution in [-0.2, 0) is 20.4 Å². The molecule has 0 aliphatic heterocycles. The van der Waals surface area contributed by atoms with Gasteiger partial charge in [-0.3, -0.25) is 9.32 Å². The molecule has 2 heterocycles. The van der Waals surface area contributed by atoms with Gasteiger partial charge >= 0.3 is 14.2 Å². The molecule has 3 aromatic rings. The van der Waals surface area contributed by atoms with Crippen molar-refractivity contribution in [1.82, 2.24) is 20.1 Å². The molecule has 0 unspecified atom stereocenters. The van der Waals surface area contributed by atoms with Crippen molar-refractivity contribution in [2.24, 2.45) is 0 Å². The van der Waals surface area contributed by atoms with E-state index in [9.17, 15) is 27.6 Å². The third kappa shape index (κ3) is 6.40. The number of phosphoric acid groups is 1. The smallest absolute Gasteiger partial charge is 0.406 e. The molecule has 1 amide bonds. The number of hydrogen-bond donors (Lipinski definition) is 4. The molecular formula is C19H18F3N4O7P. The van der Waals surface area contributed by atoms with Crippen LogP contribution in [0.15, 0.2) is 49.2 Å². The Kier molecular flexibility index (Phi) is 7.38. The van der Waals surface area contributed by atoms with Gasteiger partial charge in [0.1, 0.15) is 11.9 Å². The highest BCUT2D eigenvalue weighted by Crippen LogP contribution is 2.38. The number of pyridine rings is 1. The summed E-state index contributed by atoms with van der Waals surface area (Å²) in [5.41, 5.74) is 0.787. The molecule has 3 rings (SSSR count). The summed E-state index contributed by atoms with van der Waals surface area (Å²) in [5, 5.41) is 17.6. The van der Waals surface area contributed by atoms with Crippen LogP contribution in [0.25, 0.3) is 16.7 Å². The highest BCUT2D eigenvalue weighted by Gasteiger charge is 2.31. The summed E-state index contributed by atoms with van der Waals surface area (Å²) < 4.78 is 57.8. The van der Waals surface area contributed by atoms with Gasteiger partial charge in [-0.1, -0.05) is 6.58 Å². The van der Waals surface area contributed by atoms with Crippen LogP contribution >= 0.6 is 7.82 Å². The zero-order chi connectivity index (χ0) is 25.1. The second kappa shape index (κ2) is 9.91. The van der Waals surface area contributed by atoms with Gasteiger partial charge in [-0.15, -0.1) is 13.2 Å². The normalized spacial score (nSPS) is 13.0. The Morgan fingerprint density at radius 3 is 2.53 bits per heavy atom. The summed E-state index contributed by atoms with van der Waals surface area (Å²) >= 11 is 0. The van der Waals surface area contributed by atoms with Crippen molar-refractivity contribution in [3.8, 4) is 11.4 Å². The lowest BCUT2D eigenvalue weighted by atomic mass is 10.1. The first kappa shape index (κ1) is 25.3. The predicted octanol–water partition coefficient (Wildman–Crippen LogP) is 2.26. The number of nitrogens with one attached hydrogen (secondary N) is 1. The van der Waals surface area contributed by atoms with Gasteiger partial charge in [0.2, 0.25) is 5.91 Å². The number of rotatable bonds is 9. The zero-order valence-electron chi connectivity index (χ0n) is 17.1. The molecule has 0 spiro atoms. The van der Waals surface area contributed by atoms with Crippen molar-refractivity contribution in [2.45, 2.75) is 19.0 Å². The van der Waals surface area contributed by atoms with E-state index in [0.717, 1.165) is 18.2 Å². The van der Waals surface area contributed by atoms with Crippen molar-refractivity contribution in [1.29, 1.82) is 0 Å². The minimum Gasteiger partial charge on any atom is -0.406 e. The van der Waals surface area contributed by atoms with E-state index in [0.29, 0.717) is 0 Å². The first-order valence-corrected chi connectivity index (χ1v) is 10.9. The minimum absolute atomic E-state index is 0.143. The number of fused-ring (bicyclic) bond motifs is 1. The van der Waals surface area contributed by atoms with E-state index < -0.39 is 38.6 Å². The number of halogens is 3. The number of amides is 1. The van der Waals surface area contributed by atoms with Crippen molar-refractivity contribution in [3.63, 3.8) is 0 Å². The summed E-state index contributed by atoms with van der Waals surface area (Å²) in [7, 11) is -4.86. The van der Waals surface area contributed by atoms with E-state index in [1.807, 2.05) is 0 Å². The molecule has 0 aliphatic carbocycles. The molecule has 1 atom stereocenters. The summed E-state index contributed by atoms with van der Waals surface area (Å²) in [6.07, 6.45) is -4.05. The Labute approximate surface area is 189 Å². The van der Waals surface area contributed by atoms with Crippen LogP contribution in [0.5, 0.6) is 5.75 Å². The van der Waals surface area contributed by atoms with Gasteiger partial charge in [0.15, 0.2) is 5.65 Å². The number of alkyl halides is 3. The summed E-state index contributed by atoms with van der Waals surface area (Å²) in [6.45, 7) is 2.44. The molecule has 0 saturated carbocycles. The van der Waals surface area contributed by atoms with Gasteiger partial charge in [0.05, 0.1) is 29.9 Å². The molecule has 2 aromatic heterocycles. The fraction of sp³-hybridized carbons (Fsp3) is 0.211. The second-order valence-electron chi connectivity index (χ2n) is 6.72. The molecule has 1 aromatic carbocycles. The number of carbonyl (C=O) groups is 1. The van der Waals surface area contributed by atoms with Gasteiger partial charge in [-0.2, -0.15) is 5.10 Å². The van der Waals surface area contributed by atoms with Crippen LogP contribution in [0, 0.1) is 0 Å². The number of ether oxygens (including phenoxy) is 1. The number of benzene rings is 1. The summed E-state index contributed by atoms with van der Waals surface area (Å²) in [6, 6.07) is 6.11. The number of carbonyl (C=O) groups excluding carboxylic acids is 1. The maximum Gasteiger partial charge on any atom is 0.573 e. The number of hydrogen-bond acceptors (Lipinski definition) is 7. The van der Waals surface area contributed by atoms with Crippen LogP contribution in [0.3, 0.4) is 0 Å². The van der Waals surface area contributed by atoms with E-state index in [4.69, 9.17) is 9.79 Å². The number of aliphatic hydroxyl groups is 1. The molecule has 0 radical (unpaired) electrons. The Balaban J connectivity index is 2.06. The average Bonchev–Trinajstić information content (AvgIpc) is 3.13. The second-order valence-corrected chi connectivity index (χ2v) is 7.96. The third-order valence-electron chi connectivity index (χ3n) is 4.36. The van der Waals surface area contributed by atoms with Crippen molar-refractivity contribution in [3.05, 3.63) is 60.4 Å². The lowest BCUT2D eigenvalue weighted by Crippen LogP contribution is -2.20. The monoisotopic (exact) mass is 502 g/mol. The van der Waals surface area contributed by atoms with Gasteiger partial charge in [-0.05, 0) is 42.0 Å². The van der Waals surface area contributed by atoms with Crippen molar-refractivity contribution in [2.75, 3.05) is 6.61 Å². The maximum atomic E-state index is 12.4. The Hall–Kier alpha value is -3.29. The standard InChI is InChI=1S/C19H18F3N4O7P/c1-2-16(28)24-9-14-17-13(15(27)10-32-34(29,30)31)7-8-23-18(17)26(25-14)11-3-5-12(6-4-11)33-19(20,21)22/h2-8,15,27H,1,9-10H2,(H,24,28)(H2,29,30,31)/t15-/m1/s1. The minimum atomic E-state index is -4.86. The molecule has 0 fully saturated rings. The molecule has 0 bridgehead atoms. The molecule has 0 saturated heterocycles. The zero-order valence-corrected chi connectivity index (χ0v) is 18.0. The molecule has 182 valence electrons. The van der Waals surface area contributed by atoms with E-state index in [2.05, 4.69) is 31.2 Å². The van der Waals surface area contributed by atoms with E-state index in [1.54, 1.807) is 0 Å². The van der Waals surface area contributed by atoms with Crippen LogP contribution in [0.2, 0.25) is 0 Å². The quantitative estimate of drug-likeness (QED) is 0.255. The fourth-order valence-corrected chi connectivity index (χ4v) is 3.35. The van der Waals surface area contributed by atoms with E-state index >= 15 is 0 Å². The highest BCUT2D eigenvalue weighted by atomic mass is 31.2. The van der Waals surface area contributed by atoms with Crippen molar-refractivity contribution >= 4 is 24.8 Å². The first-order valence-electron chi connectivity index (χ1n) is 9.39. The molecular weight excluding hydrogens is 484 g/mol. The molecule has 0 aliphatic rings. The lowest BCUT2D eigenvalue weighted by molar-refractivity contribution is -0.274. The Bertz CT molecular complexity index is 1240. The van der Waals surface area contributed by atoms with Gasteiger partial charge < -0.3 is 24.9 Å². The predicted molar refractivity (Wildman–Crippen MR) is 111 cm³/mol. The van der Waals surface area contributed by atoms with Crippen LogP contribution in [-0.4, -0.2) is 48.5 Å². The van der Waals surface area contributed by atoms with E-state index in [-0.39, 0.29) is 34.5 Å². The van der Waals surface area contributed by atoms with Gasteiger partial charge in [-0.25, -0.2) is 14.2 Å². The maximum absolute atomic E-state index is 12.4. The largest absolute Gasteiger partial charge is 0.573 e. The van der Waals surface area contributed by atoms with Crippen LogP contribution in [0.4, 0.5) is 13.2 Å².